The van der Waals surface area contributed by atoms with E-state index in [2.05, 4.69) is 10.4 Å². The van der Waals surface area contributed by atoms with Crippen LogP contribution >= 0.6 is 12.4 Å². The zero-order valence-electron chi connectivity index (χ0n) is 8.98. The van der Waals surface area contributed by atoms with E-state index in [1.165, 1.54) is 19.4 Å². The summed E-state index contributed by atoms with van der Waals surface area (Å²) in [5, 5.41) is 7.65. The van der Waals surface area contributed by atoms with E-state index in [1.807, 2.05) is 10.9 Å². The number of hydrogen-bond acceptors (Lipinski definition) is 3. The molecule has 1 aromatic rings. The van der Waals surface area contributed by atoms with Crippen molar-refractivity contribution in [2.45, 2.75) is 19.4 Å². The van der Waals surface area contributed by atoms with Gasteiger partial charge in [-0.1, -0.05) is 0 Å². The first-order chi connectivity index (χ1) is 6.88. The van der Waals surface area contributed by atoms with Crippen LogP contribution in [0.5, 0.6) is 5.75 Å². The number of halogens is 1. The molecule has 0 aromatic carbocycles. The number of nitrogens with zero attached hydrogens (tertiary/aromatic N) is 2. The fourth-order valence-electron chi connectivity index (χ4n) is 1.89. The molecule has 5 heteroatoms. The average molecular weight is 232 g/mol. The summed E-state index contributed by atoms with van der Waals surface area (Å²) in [6, 6.07) is 0. The normalized spacial score (nSPS) is 20.7. The third-order valence-corrected chi connectivity index (χ3v) is 2.69. The summed E-state index contributed by atoms with van der Waals surface area (Å²) in [5.41, 5.74) is 0. The van der Waals surface area contributed by atoms with Crippen LogP contribution < -0.4 is 10.1 Å². The molecule has 1 aliphatic rings. The van der Waals surface area contributed by atoms with Crippen molar-refractivity contribution < 1.29 is 4.74 Å². The molecule has 1 aromatic heterocycles. The Hall–Kier alpha value is -0.740. The van der Waals surface area contributed by atoms with Gasteiger partial charge in [-0.15, -0.1) is 12.4 Å². The molecule has 1 N–H and O–H groups in total. The number of ether oxygens (including phenoxy) is 1. The first-order valence-corrected chi connectivity index (χ1v) is 5.15. The summed E-state index contributed by atoms with van der Waals surface area (Å²) >= 11 is 0. The van der Waals surface area contributed by atoms with Crippen LogP contribution in [-0.2, 0) is 6.54 Å². The van der Waals surface area contributed by atoms with Crippen LogP contribution in [0.25, 0.3) is 0 Å². The summed E-state index contributed by atoms with van der Waals surface area (Å²) in [7, 11) is 1.67. The van der Waals surface area contributed by atoms with Gasteiger partial charge in [0, 0.05) is 6.54 Å². The molecule has 4 nitrogen and oxygen atoms in total. The number of methoxy groups -OCH3 is 1. The lowest BCUT2D eigenvalue weighted by Gasteiger charge is -2.22. The number of rotatable bonds is 3. The molecule has 15 heavy (non-hydrogen) atoms. The lowest BCUT2D eigenvalue weighted by molar-refractivity contribution is 0.324. The van der Waals surface area contributed by atoms with E-state index in [4.69, 9.17) is 4.74 Å². The molecule has 0 radical (unpaired) electrons. The quantitative estimate of drug-likeness (QED) is 0.853. The summed E-state index contributed by atoms with van der Waals surface area (Å²) in [6.07, 6.45) is 6.29. The lowest BCUT2D eigenvalue weighted by atomic mass is 10.00. The van der Waals surface area contributed by atoms with Crippen molar-refractivity contribution in [3.8, 4) is 5.75 Å². The van der Waals surface area contributed by atoms with Gasteiger partial charge in [0.25, 0.3) is 0 Å². The SMILES string of the molecule is COc1cnn(C[C@H]2CCCNC2)c1.Cl. The van der Waals surface area contributed by atoms with Gasteiger partial charge < -0.3 is 10.1 Å². The lowest BCUT2D eigenvalue weighted by Crippen LogP contribution is -2.32. The van der Waals surface area contributed by atoms with Crippen molar-refractivity contribution in [1.82, 2.24) is 15.1 Å². The van der Waals surface area contributed by atoms with Crippen molar-refractivity contribution in [1.29, 1.82) is 0 Å². The minimum atomic E-state index is 0. The van der Waals surface area contributed by atoms with Crippen molar-refractivity contribution in [3.05, 3.63) is 12.4 Å². The van der Waals surface area contributed by atoms with Gasteiger partial charge in [0.2, 0.25) is 0 Å². The number of piperidine rings is 1. The molecule has 2 rings (SSSR count). The molecule has 1 aliphatic heterocycles. The minimum Gasteiger partial charge on any atom is -0.493 e. The highest BCUT2D eigenvalue weighted by Crippen LogP contribution is 2.14. The summed E-state index contributed by atoms with van der Waals surface area (Å²) < 4.78 is 7.05. The average Bonchev–Trinajstić information content (AvgIpc) is 2.67. The largest absolute Gasteiger partial charge is 0.493 e. The molecule has 86 valence electrons. The smallest absolute Gasteiger partial charge is 0.156 e. The molecule has 0 aliphatic carbocycles. The van der Waals surface area contributed by atoms with E-state index < -0.39 is 0 Å². The van der Waals surface area contributed by atoms with Crippen LogP contribution in [0.3, 0.4) is 0 Å². The molecule has 0 amide bonds. The Morgan fingerprint density at radius 3 is 3.13 bits per heavy atom. The van der Waals surface area contributed by atoms with E-state index >= 15 is 0 Å². The predicted octanol–water partition coefficient (Wildman–Crippen LogP) is 1.31. The number of nitrogens with one attached hydrogen (secondary N) is 1. The second-order valence-electron chi connectivity index (χ2n) is 3.81. The van der Waals surface area contributed by atoms with Crippen LogP contribution in [0, 0.1) is 5.92 Å². The first kappa shape index (κ1) is 12.3. The van der Waals surface area contributed by atoms with E-state index in [9.17, 15) is 0 Å². The summed E-state index contributed by atoms with van der Waals surface area (Å²) in [5.74, 6) is 1.56. The maximum absolute atomic E-state index is 5.09. The maximum atomic E-state index is 5.09. The predicted molar refractivity (Wildman–Crippen MR) is 61.6 cm³/mol. The maximum Gasteiger partial charge on any atom is 0.156 e. The topological polar surface area (TPSA) is 39.1 Å². The molecule has 0 bridgehead atoms. The van der Waals surface area contributed by atoms with Gasteiger partial charge in [-0.2, -0.15) is 5.10 Å². The van der Waals surface area contributed by atoms with Crippen molar-refractivity contribution >= 4 is 12.4 Å². The monoisotopic (exact) mass is 231 g/mol. The van der Waals surface area contributed by atoms with Crippen molar-refractivity contribution in [2.75, 3.05) is 20.2 Å². The highest BCUT2D eigenvalue weighted by Gasteiger charge is 2.13. The van der Waals surface area contributed by atoms with Crippen molar-refractivity contribution in [2.24, 2.45) is 5.92 Å². The van der Waals surface area contributed by atoms with E-state index in [0.29, 0.717) is 5.92 Å². The van der Waals surface area contributed by atoms with Gasteiger partial charge in [-0.3, -0.25) is 4.68 Å². The van der Waals surface area contributed by atoms with Gasteiger partial charge in [0.15, 0.2) is 5.75 Å². The molecule has 1 saturated heterocycles. The fraction of sp³-hybridized carbons (Fsp3) is 0.700. The molecular formula is C10H18ClN3O. The Labute approximate surface area is 96.4 Å². The Morgan fingerprint density at radius 1 is 1.67 bits per heavy atom. The summed E-state index contributed by atoms with van der Waals surface area (Å²) in [4.78, 5) is 0. The molecular weight excluding hydrogens is 214 g/mol. The number of hydrogen-bond donors (Lipinski definition) is 1. The van der Waals surface area contributed by atoms with Gasteiger partial charge in [0.05, 0.1) is 19.5 Å². The van der Waals surface area contributed by atoms with Crippen LogP contribution in [0.1, 0.15) is 12.8 Å². The molecule has 0 unspecified atom stereocenters. The summed E-state index contributed by atoms with van der Waals surface area (Å²) in [6.45, 7) is 3.28. The Morgan fingerprint density at radius 2 is 2.53 bits per heavy atom. The first-order valence-electron chi connectivity index (χ1n) is 5.15. The van der Waals surface area contributed by atoms with E-state index in [0.717, 1.165) is 18.8 Å². The van der Waals surface area contributed by atoms with Crippen LogP contribution in [0.15, 0.2) is 12.4 Å². The molecule has 1 atom stereocenters. The second kappa shape index (κ2) is 5.98. The molecule has 0 saturated carbocycles. The number of aromatic nitrogens is 2. The van der Waals surface area contributed by atoms with Gasteiger partial charge in [-0.25, -0.2) is 0 Å². The van der Waals surface area contributed by atoms with Crippen molar-refractivity contribution in [3.63, 3.8) is 0 Å². The van der Waals surface area contributed by atoms with E-state index in [-0.39, 0.29) is 12.4 Å². The minimum absolute atomic E-state index is 0. The highest BCUT2D eigenvalue weighted by molar-refractivity contribution is 5.85. The van der Waals surface area contributed by atoms with Gasteiger partial charge >= 0.3 is 0 Å². The Kier molecular flexibility index (Phi) is 4.91. The zero-order chi connectivity index (χ0) is 9.80. The second-order valence-corrected chi connectivity index (χ2v) is 3.81. The highest BCUT2D eigenvalue weighted by atomic mass is 35.5. The molecule has 1 fully saturated rings. The van der Waals surface area contributed by atoms with Crippen LogP contribution in [0.2, 0.25) is 0 Å². The van der Waals surface area contributed by atoms with Gasteiger partial charge in [0.1, 0.15) is 0 Å². The Balaban J connectivity index is 0.00000112. The standard InChI is InChI=1S/C10H17N3O.ClH/c1-14-10-6-12-13(8-10)7-9-3-2-4-11-5-9;/h6,8-9,11H,2-5,7H2,1H3;1H/t9-;/m0./s1. The zero-order valence-corrected chi connectivity index (χ0v) is 9.80. The molecule has 0 spiro atoms. The molecule has 2 heterocycles. The van der Waals surface area contributed by atoms with E-state index in [1.54, 1.807) is 13.3 Å². The fourth-order valence-corrected chi connectivity index (χ4v) is 1.89. The van der Waals surface area contributed by atoms with Gasteiger partial charge in [-0.05, 0) is 31.8 Å². The van der Waals surface area contributed by atoms with Crippen LogP contribution in [0.4, 0.5) is 0 Å². The third-order valence-electron chi connectivity index (χ3n) is 2.69. The third kappa shape index (κ3) is 3.39. The Bertz CT molecular complexity index is 284. The van der Waals surface area contributed by atoms with Crippen LogP contribution in [-0.4, -0.2) is 30.0 Å².